The van der Waals surface area contributed by atoms with E-state index >= 15 is 0 Å². The number of furan rings is 1. The minimum atomic E-state index is -0.352. The van der Waals surface area contributed by atoms with Crippen molar-refractivity contribution in [2.24, 2.45) is 0 Å². The molecule has 0 saturated heterocycles. The summed E-state index contributed by atoms with van der Waals surface area (Å²) in [5.41, 5.74) is 5.87. The molecule has 0 aliphatic rings. The third kappa shape index (κ3) is 4.40. The average Bonchev–Trinajstić information content (AvgIpc) is 3.57. The van der Waals surface area contributed by atoms with Gasteiger partial charge >= 0.3 is 0 Å². The molecule has 2 heterocycles. The number of oxazole rings is 1. The van der Waals surface area contributed by atoms with Crippen LogP contribution in [0.15, 0.2) is 118 Å². The molecule has 36 heavy (non-hydrogen) atoms. The summed E-state index contributed by atoms with van der Waals surface area (Å²) in [6, 6.07) is 34.2. The van der Waals surface area contributed by atoms with E-state index in [4.69, 9.17) is 20.4 Å². The monoisotopic (exact) mass is 490 g/mol. The second-order valence-electron chi connectivity index (χ2n) is 8.27. The SMILES string of the molecule is O=C(Nc1ccc2oc(-c3ccc(-c4ccccc4)cc3)nc2c1)c1ccc(-c2ccc(Cl)cc2)o1. The van der Waals surface area contributed by atoms with Crippen molar-refractivity contribution in [2.75, 3.05) is 5.32 Å². The van der Waals surface area contributed by atoms with Gasteiger partial charge in [-0.1, -0.05) is 54.1 Å². The van der Waals surface area contributed by atoms with Crippen molar-refractivity contribution in [3.8, 4) is 33.9 Å². The van der Waals surface area contributed by atoms with Crippen LogP contribution in [0.1, 0.15) is 10.6 Å². The second kappa shape index (κ2) is 9.21. The number of carbonyl (C=O) groups excluding carboxylic acids is 1. The van der Waals surface area contributed by atoms with Crippen molar-refractivity contribution < 1.29 is 13.6 Å². The number of carbonyl (C=O) groups is 1. The third-order valence-corrected chi connectivity index (χ3v) is 6.09. The molecule has 0 unspecified atom stereocenters. The van der Waals surface area contributed by atoms with E-state index in [1.54, 1.807) is 42.5 Å². The van der Waals surface area contributed by atoms with Crippen LogP contribution in [-0.4, -0.2) is 10.9 Å². The van der Waals surface area contributed by atoms with Crippen molar-refractivity contribution >= 4 is 34.3 Å². The van der Waals surface area contributed by atoms with Crippen LogP contribution in [0.3, 0.4) is 0 Å². The normalized spacial score (nSPS) is 11.0. The van der Waals surface area contributed by atoms with Crippen LogP contribution in [0, 0.1) is 0 Å². The average molecular weight is 491 g/mol. The molecule has 2 aromatic heterocycles. The van der Waals surface area contributed by atoms with Gasteiger partial charge in [0, 0.05) is 21.8 Å². The number of amides is 1. The predicted octanol–water partition coefficient (Wildman–Crippen LogP) is 8.33. The molecule has 6 rings (SSSR count). The number of hydrogen-bond acceptors (Lipinski definition) is 4. The van der Waals surface area contributed by atoms with Crippen LogP contribution in [0.2, 0.25) is 5.02 Å². The van der Waals surface area contributed by atoms with Crippen molar-refractivity contribution in [1.82, 2.24) is 4.98 Å². The summed E-state index contributed by atoms with van der Waals surface area (Å²) in [5, 5.41) is 3.50. The summed E-state index contributed by atoms with van der Waals surface area (Å²) in [4.78, 5) is 17.4. The molecule has 0 saturated carbocycles. The third-order valence-electron chi connectivity index (χ3n) is 5.84. The van der Waals surface area contributed by atoms with Gasteiger partial charge in [0.05, 0.1) is 0 Å². The van der Waals surface area contributed by atoms with Gasteiger partial charge in [-0.3, -0.25) is 4.79 Å². The number of anilines is 1. The molecule has 0 aliphatic carbocycles. The van der Waals surface area contributed by atoms with Gasteiger partial charge in [0.25, 0.3) is 5.91 Å². The summed E-state index contributed by atoms with van der Waals surface area (Å²) in [6.45, 7) is 0. The first-order chi connectivity index (χ1) is 17.6. The number of hydrogen-bond donors (Lipinski definition) is 1. The number of fused-ring (bicyclic) bond motifs is 1. The van der Waals surface area contributed by atoms with Gasteiger partial charge in [-0.25, -0.2) is 4.98 Å². The minimum Gasteiger partial charge on any atom is -0.451 e. The van der Waals surface area contributed by atoms with E-state index in [-0.39, 0.29) is 11.7 Å². The molecule has 1 N–H and O–H groups in total. The number of halogens is 1. The van der Waals surface area contributed by atoms with Crippen LogP contribution in [0.4, 0.5) is 5.69 Å². The number of nitrogens with one attached hydrogen (secondary N) is 1. The maximum Gasteiger partial charge on any atom is 0.291 e. The van der Waals surface area contributed by atoms with Crippen molar-refractivity contribution in [3.05, 3.63) is 120 Å². The fourth-order valence-corrected chi connectivity index (χ4v) is 4.11. The van der Waals surface area contributed by atoms with E-state index < -0.39 is 0 Å². The Balaban J connectivity index is 1.20. The highest BCUT2D eigenvalue weighted by atomic mass is 35.5. The highest BCUT2D eigenvalue weighted by molar-refractivity contribution is 6.30. The van der Waals surface area contributed by atoms with E-state index in [0.717, 1.165) is 22.3 Å². The highest BCUT2D eigenvalue weighted by Crippen LogP contribution is 2.29. The molecule has 5 nitrogen and oxygen atoms in total. The van der Waals surface area contributed by atoms with Crippen LogP contribution < -0.4 is 5.32 Å². The summed E-state index contributed by atoms with van der Waals surface area (Å²) in [7, 11) is 0. The lowest BCUT2D eigenvalue weighted by atomic mass is 10.0. The molecule has 1 amide bonds. The Labute approximate surface area is 212 Å². The Kier molecular flexibility index (Phi) is 5.60. The van der Waals surface area contributed by atoms with Crippen LogP contribution in [-0.2, 0) is 0 Å². The van der Waals surface area contributed by atoms with Crippen molar-refractivity contribution in [1.29, 1.82) is 0 Å². The number of aromatic nitrogens is 1. The van der Waals surface area contributed by atoms with Crippen molar-refractivity contribution in [2.45, 2.75) is 0 Å². The predicted molar refractivity (Wildman–Crippen MR) is 142 cm³/mol. The molecule has 0 aliphatic heterocycles. The standard InChI is InChI=1S/C30H19ClN2O3/c31-23-12-10-21(11-13-23)26-16-17-28(35-26)29(34)32-24-14-15-27-25(18-24)33-30(36-27)22-8-6-20(7-9-22)19-4-2-1-3-5-19/h1-18H,(H,32,34). The van der Waals surface area contributed by atoms with E-state index in [0.29, 0.717) is 33.5 Å². The lowest BCUT2D eigenvalue weighted by Crippen LogP contribution is -2.10. The largest absolute Gasteiger partial charge is 0.451 e. The quantitative estimate of drug-likeness (QED) is 0.264. The first-order valence-corrected chi connectivity index (χ1v) is 11.7. The molecule has 0 bridgehead atoms. The maximum absolute atomic E-state index is 12.8. The molecule has 6 heteroatoms. The van der Waals surface area contributed by atoms with Gasteiger partial charge in [-0.15, -0.1) is 0 Å². The molecular weight excluding hydrogens is 472 g/mol. The van der Waals surface area contributed by atoms with Gasteiger partial charge < -0.3 is 14.2 Å². The number of nitrogens with zero attached hydrogens (tertiary/aromatic N) is 1. The zero-order valence-electron chi connectivity index (χ0n) is 18.9. The van der Waals surface area contributed by atoms with Gasteiger partial charge in [-0.05, 0) is 77.9 Å². The molecule has 6 aromatic rings. The van der Waals surface area contributed by atoms with Crippen LogP contribution in [0.5, 0.6) is 0 Å². The number of rotatable bonds is 5. The van der Waals surface area contributed by atoms with Gasteiger partial charge in [0.2, 0.25) is 5.89 Å². The molecule has 174 valence electrons. The first kappa shape index (κ1) is 21.9. The van der Waals surface area contributed by atoms with Crippen LogP contribution in [0.25, 0.3) is 45.0 Å². The molecule has 4 aromatic carbocycles. The molecule has 0 spiro atoms. The van der Waals surface area contributed by atoms with Crippen LogP contribution >= 0.6 is 11.6 Å². The van der Waals surface area contributed by atoms with E-state index in [2.05, 4.69) is 22.4 Å². The maximum atomic E-state index is 12.8. The Hall–Kier alpha value is -4.61. The second-order valence-corrected chi connectivity index (χ2v) is 8.71. The van der Waals surface area contributed by atoms with Crippen molar-refractivity contribution in [3.63, 3.8) is 0 Å². The van der Waals surface area contributed by atoms with Gasteiger partial charge in [0.15, 0.2) is 11.3 Å². The van der Waals surface area contributed by atoms with Gasteiger partial charge in [-0.2, -0.15) is 0 Å². The fraction of sp³-hybridized carbons (Fsp3) is 0. The molecular formula is C30H19ClN2O3. The smallest absolute Gasteiger partial charge is 0.291 e. The highest BCUT2D eigenvalue weighted by Gasteiger charge is 2.14. The summed E-state index contributed by atoms with van der Waals surface area (Å²) in [6.07, 6.45) is 0. The zero-order valence-corrected chi connectivity index (χ0v) is 19.7. The van der Waals surface area contributed by atoms with E-state index in [1.165, 1.54) is 0 Å². The fourth-order valence-electron chi connectivity index (χ4n) is 3.99. The lowest BCUT2D eigenvalue weighted by molar-refractivity contribution is 0.0997. The minimum absolute atomic E-state index is 0.208. The first-order valence-electron chi connectivity index (χ1n) is 11.4. The summed E-state index contributed by atoms with van der Waals surface area (Å²) < 4.78 is 11.7. The molecule has 0 fully saturated rings. The Morgan fingerprint density at radius 2 is 1.39 bits per heavy atom. The topological polar surface area (TPSA) is 68.3 Å². The Bertz CT molecular complexity index is 1670. The summed E-state index contributed by atoms with van der Waals surface area (Å²) in [5.74, 6) is 0.965. The van der Waals surface area contributed by atoms with E-state index in [9.17, 15) is 4.79 Å². The number of benzene rings is 4. The Morgan fingerprint density at radius 1 is 0.694 bits per heavy atom. The zero-order chi connectivity index (χ0) is 24.5. The lowest BCUT2D eigenvalue weighted by Gasteiger charge is -2.02. The molecule has 0 atom stereocenters. The van der Waals surface area contributed by atoms with Gasteiger partial charge in [0.1, 0.15) is 11.3 Å². The van der Waals surface area contributed by atoms with E-state index in [1.807, 2.05) is 54.6 Å². The Morgan fingerprint density at radius 3 is 2.17 bits per heavy atom. The molecule has 0 radical (unpaired) electrons. The summed E-state index contributed by atoms with van der Waals surface area (Å²) >= 11 is 5.95.